The highest BCUT2D eigenvalue weighted by Gasteiger charge is 2.24. The smallest absolute Gasteiger partial charge is 0.0901 e. The van der Waals surface area contributed by atoms with Gasteiger partial charge in [-0.3, -0.25) is 0 Å². The van der Waals surface area contributed by atoms with E-state index in [1.165, 1.54) is 0 Å². The van der Waals surface area contributed by atoms with Crippen LogP contribution in [0.5, 0.6) is 0 Å². The SMILES string of the molecule is C[S+](=O)(C#Cc1ccccc1)Cc1ccc(C(Cl)(Cl)Cl)cc1. The fourth-order valence-corrected chi connectivity index (χ4v) is 3.44. The zero-order chi connectivity index (χ0) is 16.2. The minimum atomic E-state index is -2.29. The van der Waals surface area contributed by atoms with Crippen LogP contribution < -0.4 is 0 Å². The molecule has 2 aromatic carbocycles. The molecule has 0 aliphatic carbocycles. The van der Waals surface area contributed by atoms with Gasteiger partial charge in [0, 0.05) is 16.7 Å². The molecule has 1 unspecified atom stereocenters. The molecular formula is C17H14Cl3OS+. The molecule has 5 heteroatoms. The van der Waals surface area contributed by atoms with Gasteiger partial charge in [0.2, 0.25) is 3.79 Å². The van der Waals surface area contributed by atoms with Gasteiger partial charge in [-0.15, -0.1) is 0 Å². The summed E-state index contributed by atoms with van der Waals surface area (Å²) in [6.45, 7) is 0. The molecule has 0 aromatic heterocycles. The maximum Gasteiger partial charge on any atom is 0.216 e. The zero-order valence-corrected chi connectivity index (χ0v) is 14.9. The molecule has 22 heavy (non-hydrogen) atoms. The molecule has 0 saturated carbocycles. The summed E-state index contributed by atoms with van der Waals surface area (Å²) in [5.41, 5.74) is 2.33. The van der Waals surface area contributed by atoms with Crippen molar-refractivity contribution in [2.24, 2.45) is 0 Å². The van der Waals surface area contributed by atoms with Crippen LogP contribution in [-0.4, -0.2) is 6.26 Å². The van der Waals surface area contributed by atoms with Crippen LogP contribution in [0.25, 0.3) is 0 Å². The predicted molar refractivity (Wildman–Crippen MR) is 96.7 cm³/mol. The van der Waals surface area contributed by atoms with Crippen molar-refractivity contribution in [2.75, 3.05) is 6.26 Å². The van der Waals surface area contributed by atoms with Crippen LogP contribution in [-0.2, 0) is 23.7 Å². The van der Waals surface area contributed by atoms with Gasteiger partial charge in [-0.25, -0.2) is 0 Å². The van der Waals surface area contributed by atoms with Crippen molar-refractivity contribution in [2.45, 2.75) is 9.55 Å². The Labute approximate surface area is 147 Å². The van der Waals surface area contributed by atoms with Crippen LogP contribution in [0.1, 0.15) is 16.7 Å². The highest BCUT2D eigenvalue weighted by molar-refractivity contribution is 8.05. The first-order valence-electron chi connectivity index (χ1n) is 6.47. The minimum absolute atomic E-state index is 0.368. The van der Waals surface area contributed by atoms with Gasteiger partial charge in [0.25, 0.3) is 0 Å². The van der Waals surface area contributed by atoms with Crippen LogP contribution in [0.15, 0.2) is 54.6 Å². The van der Waals surface area contributed by atoms with Crippen LogP contribution in [0.4, 0.5) is 0 Å². The van der Waals surface area contributed by atoms with E-state index in [0.717, 1.165) is 11.1 Å². The maximum atomic E-state index is 12.6. The summed E-state index contributed by atoms with van der Waals surface area (Å²) in [6, 6.07) is 16.6. The molecule has 114 valence electrons. The average molecular weight is 373 g/mol. The molecule has 0 amide bonds. The summed E-state index contributed by atoms with van der Waals surface area (Å²) in [5, 5.41) is 2.87. The van der Waals surface area contributed by atoms with Gasteiger partial charge in [0.1, 0.15) is 12.0 Å². The Morgan fingerprint density at radius 2 is 1.59 bits per heavy atom. The van der Waals surface area contributed by atoms with Gasteiger partial charge in [0.15, 0.2) is 15.2 Å². The molecule has 1 nitrogen and oxygen atoms in total. The zero-order valence-electron chi connectivity index (χ0n) is 11.9. The van der Waals surface area contributed by atoms with E-state index in [0.29, 0.717) is 11.3 Å². The second-order valence-electron chi connectivity index (χ2n) is 4.94. The Bertz CT molecular complexity index is 737. The largest absolute Gasteiger partial charge is 0.216 e. The van der Waals surface area contributed by atoms with Crippen molar-refractivity contribution >= 4 is 44.7 Å². The number of halogens is 3. The summed E-state index contributed by atoms with van der Waals surface area (Å²) in [6.07, 6.45) is 1.66. The maximum absolute atomic E-state index is 12.6. The third kappa shape index (κ3) is 5.34. The highest BCUT2D eigenvalue weighted by Crippen LogP contribution is 2.38. The molecule has 0 bridgehead atoms. The number of hydrogen-bond donors (Lipinski definition) is 0. The quantitative estimate of drug-likeness (QED) is 0.405. The van der Waals surface area contributed by atoms with Crippen LogP contribution in [0.3, 0.4) is 0 Å². The Kier molecular flexibility index (Phi) is 5.58. The first kappa shape index (κ1) is 17.4. The third-order valence-corrected chi connectivity index (χ3v) is 4.98. The Balaban J connectivity index is 2.12. The van der Waals surface area contributed by atoms with E-state index in [9.17, 15) is 4.21 Å². The van der Waals surface area contributed by atoms with Gasteiger partial charge in [-0.1, -0.05) is 81.5 Å². The van der Waals surface area contributed by atoms with Gasteiger partial charge in [-0.2, -0.15) is 0 Å². The number of benzene rings is 2. The van der Waals surface area contributed by atoms with Crippen LogP contribution in [0.2, 0.25) is 0 Å². The molecule has 0 heterocycles. The molecule has 1 atom stereocenters. The number of rotatable bonds is 2. The summed E-state index contributed by atoms with van der Waals surface area (Å²) in [4.78, 5) is 0. The van der Waals surface area contributed by atoms with Crippen molar-refractivity contribution < 1.29 is 4.21 Å². The fraction of sp³-hybridized carbons (Fsp3) is 0.176. The molecule has 0 saturated heterocycles. The predicted octanol–water partition coefficient (Wildman–Crippen LogP) is 5.15. The molecule has 2 aromatic rings. The Hall–Kier alpha value is -0.980. The molecule has 0 aliphatic heterocycles. The van der Waals surface area contributed by atoms with E-state index >= 15 is 0 Å². The summed E-state index contributed by atoms with van der Waals surface area (Å²) in [5.74, 6) is 3.32. The molecular weight excluding hydrogens is 359 g/mol. The van der Waals surface area contributed by atoms with E-state index in [4.69, 9.17) is 34.8 Å². The van der Waals surface area contributed by atoms with Crippen molar-refractivity contribution in [3.8, 4) is 11.2 Å². The topological polar surface area (TPSA) is 17.1 Å². The Morgan fingerprint density at radius 3 is 2.14 bits per heavy atom. The monoisotopic (exact) mass is 371 g/mol. The first-order chi connectivity index (χ1) is 10.3. The lowest BCUT2D eigenvalue weighted by Gasteiger charge is -2.11. The average Bonchev–Trinajstić information content (AvgIpc) is 2.46. The number of hydrogen-bond acceptors (Lipinski definition) is 1. The molecule has 0 radical (unpaired) electrons. The van der Waals surface area contributed by atoms with E-state index in [1.54, 1.807) is 18.4 Å². The van der Waals surface area contributed by atoms with E-state index < -0.39 is 13.7 Å². The van der Waals surface area contributed by atoms with Crippen molar-refractivity contribution in [1.29, 1.82) is 0 Å². The molecule has 0 fully saturated rings. The van der Waals surface area contributed by atoms with Crippen molar-refractivity contribution in [1.82, 2.24) is 0 Å². The lowest BCUT2D eigenvalue weighted by molar-refractivity contribution is 0.593. The summed E-state index contributed by atoms with van der Waals surface area (Å²) < 4.78 is 11.1. The second kappa shape index (κ2) is 7.06. The Morgan fingerprint density at radius 1 is 1.00 bits per heavy atom. The summed E-state index contributed by atoms with van der Waals surface area (Å²) >= 11 is 17.4. The van der Waals surface area contributed by atoms with Crippen LogP contribution >= 0.6 is 34.8 Å². The van der Waals surface area contributed by atoms with E-state index in [-0.39, 0.29) is 0 Å². The van der Waals surface area contributed by atoms with Crippen molar-refractivity contribution in [3.05, 3.63) is 71.3 Å². The standard InChI is InChI=1S/C17H14Cl3OS/c1-22(21,12-11-14-5-3-2-4-6-14)13-15-7-9-16(10-8-15)17(18,19)20/h2-10H,13H2,1H3/q+1. The summed E-state index contributed by atoms with van der Waals surface area (Å²) in [7, 11) is -2.29. The lowest BCUT2D eigenvalue weighted by atomic mass is 10.2. The minimum Gasteiger partial charge on any atom is -0.0901 e. The first-order valence-corrected chi connectivity index (χ1v) is 9.74. The van der Waals surface area contributed by atoms with Gasteiger partial charge >= 0.3 is 0 Å². The number of alkyl halides is 3. The van der Waals surface area contributed by atoms with Gasteiger partial charge in [0.05, 0.1) is 0 Å². The van der Waals surface area contributed by atoms with Crippen LogP contribution in [0, 0.1) is 11.2 Å². The molecule has 0 spiro atoms. The lowest BCUT2D eigenvalue weighted by Crippen LogP contribution is -2.08. The molecule has 0 aliphatic rings. The van der Waals surface area contributed by atoms with E-state index in [1.807, 2.05) is 42.5 Å². The van der Waals surface area contributed by atoms with Gasteiger partial charge < -0.3 is 0 Å². The van der Waals surface area contributed by atoms with Crippen molar-refractivity contribution in [3.63, 3.8) is 0 Å². The van der Waals surface area contributed by atoms with Gasteiger partial charge in [-0.05, 0) is 18.1 Å². The second-order valence-corrected chi connectivity index (χ2v) is 9.72. The molecule has 2 rings (SSSR count). The fourth-order valence-electron chi connectivity index (χ4n) is 1.83. The third-order valence-electron chi connectivity index (χ3n) is 2.91. The molecule has 0 N–H and O–H groups in total. The normalized spacial score (nSPS) is 13.8. The van der Waals surface area contributed by atoms with E-state index in [2.05, 4.69) is 11.2 Å². The highest BCUT2D eigenvalue weighted by atomic mass is 35.6.